The first kappa shape index (κ1) is 21.8. The Hall–Kier alpha value is -3.39. The minimum atomic E-state index is -1.26. The summed E-state index contributed by atoms with van der Waals surface area (Å²) in [7, 11) is 0. The standard InChI is InChI=1S/C24H26FN3O4/c1-24(2)31-22(29)21(23(30)32-24)15-26-19-5-3-4-17(14-19)16-27-10-12-28(13-11-27)20-8-6-18(25)7-9-20/h3-9,14-15,26H,10-13,16H2,1-2H3. The van der Waals surface area contributed by atoms with E-state index in [-0.39, 0.29) is 11.4 Å². The van der Waals surface area contributed by atoms with Crippen molar-refractivity contribution in [3.63, 3.8) is 0 Å². The fourth-order valence-electron chi connectivity index (χ4n) is 3.77. The second-order valence-corrected chi connectivity index (χ2v) is 8.32. The average Bonchev–Trinajstić information content (AvgIpc) is 2.74. The predicted octanol–water partition coefficient (Wildman–Crippen LogP) is 3.28. The van der Waals surface area contributed by atoms with Crippen LogP contribution in [0, 0.1) is 5.82 Å². The fourth-order valence-corrected chi connectivity index (χ4v) is 3.77. The molecule has 2 saturated heterocycles. The van der Waals surface area contributed by atoms with Crippen LogP contribution < -0.4 is 10.2 Å². The molecule has 0 saturated carbocycles. The molecule has 0 unspecified atom stereocenters. The van der Waals surface area contributed by atoms with Gasteiger partial charge in [0.15, 0.2) is 5.57 Å². The number of hydrogen-bond acceptors (Lipinski definition) is 7. The Morgan fingerprint density at radius 1 is 1.00 bits per heavy atom. The van der Waals surface area contributed by atoms with Gasteiger partial charge in [0.25, 0.3) is 5.79 Å². The highest BCUT2D eigenvalue weighted by Crippen LogP contribution is 2.23. The zero-order valence-corrected chi connectivity index (χ0v) is 18.1. The second-order valence-electron chi connectivity index (χ2n) is 8.32. The van der Waals surface area contributed by atoms with Gasteiger partial charge in [-0.25, -0.2) is 14.0 Å². The van der Waals surface area contributed by atoms with Gasteiger partial charge in [0.2, 0.25) is 0 Å². The van der Waals surface area contributed by atoms with Crippen LogP contribution in [0.4, 0.5) is 15.8 Å². The molecule has 2 aromatic carbocycles. The molecule has 0 bridgehead atoms. The van der Waals surface area contributed by atoms with E-state index in [0.29, 0.717) is 0 Å². The molecule has 8 heteroatoms. The minimum Gasteiger partial charge on any atom is -0.419 e. The van der Waals surface area contributed by atoms with E-state index >= 15 is 0 Å². The minimum absolute atomic E-state index is 0.174. The summed E-state index contributed by atoms with van der Waals surface area (Å²) in [5.74, 6) is -2.91. The number of rotatable bonds is 5. The molecule has 168 valence electrons. The summed E-state index contributed by atoms with van der Waals surface area (Å²) in [6.45, 7) is 7.33. The molecule has 7 nitrogen and oxygen atoms in total. The molecule has 2 heterocycles. The van der Waals surface area contributed by atoms with E-state index in [2.05, 4.69) is 15.1 Å². The number of ether oxygens (including phenoxy) is 2. The maximum atomic E-state index is 13.1. The first-order valence-electron chi connectivity index (χ1n) is 10.5. The number of carbonyl (C=O) groups is 2. The molecular formula is C24H26FN3O4. The van der Waals surface area contributed by atoms with Gasteiger partial charge in [-0.1, -0.05) is 12.1 Å². The number of nitrogens with one attached hydrogen (secondary N) is 1. The van der Waals surface area contributed by atoms with E-state index in [1.807, 2.05) is 36.4 Å². The predicted molar refractivity (Wildman–Crippen MR) is 118 cm³/mol. The number of piperazine rings is 1. The maximum Gasteiger partial charge on any atom is 0.350 e. The molecule has 2 aromatic rings. The highest BCUT2D eigenvalue weighted by Gasteiger charge is 2.38. The van der Waals surface area contributed by atoms with Crippen molar-refractivity contribution in [1.82, 2.24) is 4.90 Å². The van der Waals surface area contributed by atoms with Crippen LogP contribution >= 0.6 is 0 Å². The molecule has 4 rings (SSSR count). The van der Waals surface area contributed by atoms with Crippen LogP contribution in [0.2, 0.25) is 0 Å². The first-order valence-corrected chi connectivity index (χ1v) is 10.5. The Morgan fingerprint density at radius 3 is 2.31 bits per heavy atom. The van der Waals surface area contributed by atoms with Gasteiger partial charge < -0.3 is 19.7 Å². The molecule has 0 aliphatic carbocycles. The van der Waals surface area contributed by atoms with Gasteiger partial charge in [-0.05, 0) is 42.0 Å². The Balaban J connectivity index is 1.33. The van der Waals surface area contributed by atoms with E-state index in [4.69, 9.17) is 9.47 Å². The van der Waals surface area contributed by atoms with Crippen LogP contribution in [0.5, 0.6) is 0 Å². The van der Waals surface area contributed by atoms with Gasteiger partial charge in [0, 0.05) is 64.1 Å². The van der Waals surface area contributed by atoms with Crippen molar-refractivity contribution >= 4 is 23.3 Å². The number of esters is 2. The van der Waals surface area contributed by atoms with Crippen molar-refractivity contribution in [1.29, 1.82) is 0 Å². The summed E-state index contributed by atoms with van der Waals surface area (Å²) in [6.07, 6.45) is 1.32. The number of anilines is 2. The fraction of sp³-hybridized carbons (Fsp3) is 0.333. The Morgan fingerprint density at radius 2 is 1.66 bits per heavy atom. The zero-order chi connectivity index (χ0) is 22.7. The van der Waals surface area contributed by atoms with E-state index in [1.54, 1.807) is 0 Å². The maximum absolute atomic E-state index is 13.1. The third kappa shape index (κ3) is 5.26. The van der Waals surface area contributed by atoms with Gasteiger partial charge in [0.05, 0.1) is 0 Å². The van der Waals surface area contributed by atoms with Gasteiger partial charge in [-0.2, -0.15) is 0 Å². The Bertz CT molecular complexity index is 1010. The highest BCUT2D eigenvalue weighted by molar-refractivity contribution is 6.15. The number of halogens is 1. The normalized spacial score (nSPS) is 18.7. The van der Waals surface area contributed by atoms with E-state index in [9.17, 15) is 14.0 Å². The van der Waals surface area contributed by atoms with Gasteiger partial charge in [0.1, 0.15) is 5.82 Å². The molecular weight excluding hydrogens is 413 g/mol. The van der Waals surface area contributed by atoms with Crippen LogP contribution in [0.3, 0.4) is 0 Å². The first-order chi connectivity index (χ1) is 15.3. The van der Waals surface area contributed by atoms with Crippen molar-refractivity contribution in [2.45, 2.75) is 26.2 Å². The largest absolute Gasteiger partial charge is 0.419 e. The third-order valence-electron chi connectivity index (χ3n) is 5.40. The highest BCUT2D eigenvalue weighted by atomic mass is 19.1. The zero-order valence-electron chi connectivity index (χ0n) is 18.1. The molecule has 2 aliphatic rings. The lowest BCUT2D eigenvalue weighted by Crippen LogP contribution is -2.45. The lowest BCUT2D eigenvalue weighted by molar-refractivity contribution is -0.222. The van der Waals surface area contributed by atoms with Crippen LogP contribution in [0.25, 0.3) is 0 Å². The summed E-state index contributed by atoms with van der Waals surface area (Å²) in [6, 6.07) is 14.4. The van der Waals surface area contributed by atoms with Gasteiger partial charge in [-0.3, -0.25) is 4.90 Å². The van der Waals surface area contributed by atoms with Crippen LogP contribution in [0.15, 0.2) is 60.3 Å². The number of carbonyl (C=O) groups excluding carboxylic acids is 2. The number of cyclic esters (lactones) is 2. The molecule has 2 aliphatic heterocycles. The summed E-state index contributed by atoms with van der Waals surface area (Å²) < 4.78 is 23.3. The Labute approximate surface area is 186 Å². The number of hydrogen-bond donors (Lipinski definition) is 1. The third-order valence-corrected chi connectivity index (χ3v) is 5.40. The molecule has 0 atom stereocenters. The lowest BCUT2D eigenvalue weighted by atomic mass is 10.1. The summed E-state index contributed by atoms with van der Waals surface area (Å²) >= 11 is 0. The SMILES string of the molecule is CC1(C)OC(=O)C(=CNc2cccc(CN3CCN(c4ccc(F)cc4)CC3)c2)C(=O)O1. The molecule has 0 spiro atoms. The van der Waals surface area contributed by atoms with Crippen LogP contribution in [0.1, 0.15) is 19.4 Å². The molecule has 0 radical (unpaired) electrons. The van der Waals surface area contributed by atoms with E-state index in [1.165, 1.54) is 32.2 Å². The number of benzene rings is 2. The molecule has 2 fully saturated rings. The van der Waals surface area contributed by atoms with E-state index < -0.39 is 17.7 Å². The van der Waals surface area contributed by atoms with Crippen molar-refractivity contribution in [2.75, 3.05) is 36.4 Å². The van der Waals surface area contributed by atoms with Crippen LogP contribution in [-0.4, -0.2) is 48.8 Å². The van der Waals surface area contributed by atoms with Crippen molar-refractivity contribution < 1.29 is 23.5 Å². The second kappa shape index (κ2) is 9.00. The monoisotopic (exact) mass is 439 g/mol. The molecule has 0 amide bonds. The average molecular weight is 439 g/mol. The smallest absolute Gasteiger partial charge is 0.350 e. The number of nitrogens with zero attached hydrogens (tertiary/aromatic N) is 2. The summed E-state index contributed by atoms with van der Waals surface area (Å²) in [5.41, 5.74) is 2.73. The quantitative estimate of drug-likeness (QED) is 0.436. The van der Waals surface area contributed by atoms with Gasteiger partial charge in [-0.15, -0.1) is 0 Å². The summed E-state index contributed by atoms with van der Waals surface area (Å²) in [5, 5.41) is 2.99. The van der Waals surface area contributed by atoms with Crippen LogP contribution in [-0.2, 0) is 25.6 Å². The topological polar surface area (TPSA) is 71.1 Å². The molecule has 1 N–H and O–H groups in total. The van der Waals surface area contributed by atoms with Gasteiger partial charge >= 0.3 is 11.9 Å². The molecule has 32 heavy (non-hydrogen) atoms. The van der Waals surface area contributed by atoms with Crippen molar-refractivity contribution in [2.24, 2.45) is 0 Å². The van der Waals surface area contributed by atoms with E-state index in [0.717, 1.165) is 49.7 Å². The van der Waals surface area contributed by atoms with Crippen molar-refractivity contribution in [3.05, 3.63) is 71.7 Å². The summed E-state index contributed by atoms with van der Waals surface area (Å²) in [4.78, 5) is 28.7. The molecule has 0 aromatic heterocycles. The lowest BCUT2D eigenvalue weighted by Gasteiger charge is -2.36. The van der Waals surface area contributed by atoms with Crippen molar-refractivity contribution in [3.8, 4) is 0 Å². The Kier molecular flexibility index (Phi) is 6.14.